The molecule has 0 aliphatic carbocycles. The lowest BCUT2D eigenvalue weighted by molar-refractivity contribution is -0.162. The van der Waals surface area contributed by atoms with Crippen LogP contribution in [0.2, 0.25) is 0 Å². The molecule has 0 fully saturated rings. The summed E-state index contributed by atoms with van der Waals surface area (Å²) in [5, 5.41) is 2.91. The van der Waals surface area contributed by atoms with Crippen LogP contribution in [0.5, 0.6) is 5.75 Å². The summed E-state index contributed by atoms with van der Waals surface area (Å²) in [7, 11) is 2.98. The maximum atomic E-state index is 12.8. The van der Waals surface area contributed by atoms with Crippen LogP contribution in [0.25, 0.3) is 0 Å². The van der Waals surface area contributed by atoms with Gasteiger partial charge in [-0.25, -0.2) is 0 Å². The van der Waals surface area contributed by atoms with E-state index in [-0.39, 0.29) is 37.7 Å². The first kappa shape index (κ1) is 27.5. The van der Waals surface area contributed by atoms with Crippen molar-refractivity contribution in [3.8, 4) is 5.75 Å². The highest BCUT2D eigenvalue weighted by atomic mass is 16.5. The monoisotopic (exact) mass is 449 g/mol. The molecule has 0 heterocycles. The fourth-order valence-corrected chi connectivity index (χ4v) is 3.86. The minimum atomic E-state index is -0.976. The number of methoxy groups -OCH3 is 2. The molecule has 0 bridgehead atoms. The van der Waals surface area contributed by atoms with Crippen molar-refractivity contribution in [2.24, 2.45) is 10.8 Å². The molecular formula is C25H39NO6. The van der Waals surface area contributed by atoms with Crippen molar-refractivity contribution in [1.29, 1.82) is 0 Å². The van der Waals surface area contributed by atoms with Gasteiger partial charge in [-0.3, -0.25) is 14.4 Å². The van der Waals surface area contributed by atoms with Crippen molar-refractivity contribution in [3.63, 3.8) is 0 Å². The van der Waals surface area contributed by atoms with Crippen LogP contribution in [0.1, 0.15) is 64.5 Å². The first-order valence-electron chi connectivity index (χ1n) is 11.2. The van der Waals surface area contributed by atoms with Gasteiger partial charge in [0.25, 0.3) is 0 Å². The van der Waals surface area contributed by atoms with Gasteiger partial charge in [0.15, 0.2) is 0 Å². The van der Waals surface area contributed by atoms with Crippen LogP contribution in [0.4, 0.5) is 0 Å². The van der Waals surface area contributed by atoms with E-state index in [2.05, 4.69) is 5.32 Å². The van der Waals surface area contributed by atoms with E-state index in [1.54, 1.807) is 27.9 Å². The van der Waals surface area contributed by atoms with Gasteiger partial charge in [0.1, 0.15) is 5.75 Å². The Balaban J connectivity index is 2.75. The highest BCUT2D eigenvalue weighted by molar-refractivity contribution is 5.82. The summed E-state index contributed by atoms with van der Waals surface area (Å²) in [4.78, 5) is 37.6. The average Bonchev–Trinajstić information content (AvgIpc) is 2.78. The standard InChI is InChI=1S/C25H39NO6/c1-8-24(4,22(28)31-7)17-25(5,23(29)32-9-2)14-12-21(27)26-15-13-19-11-10-18(3)20(16-19)30-6/h10-11,16H,8-9,12-15,17H2,1-7H3,(H,26,27). The molecule has 7 nitrogen and oxygen atoms in total. The van der Waals surface area contributed by atoms with Crippen molar-refractivity contribution in [3.05, 3.63) is 29.3 Å². The number of ether oxygens (including phenoxy) is 3. The van der Waals surface area contributed by atoms with E-state index in [9.17, 15) is 14.4 Å². The molecule has 7 heteroatoms. The molecule has 0 radical (unpaired) electrons. The number of hydrogen-bond donors (Lipinski definition) is 1. The Morgan fingerprint density at radius 2 is 1.72 bits per heavy atom. The fraction of sp³-hybridized carbons (Fsp3) is 0.640. The molecule has 0 aromatic heterocycles. The minimum absolute atomic E-state index is 0.143. The summed E-state index contributed by atoms with van der Waals surface area (Å²) < 4.78 is 15.6. The number of rotatable bonds is 13. The molecule has 0 spiro atoms. The molecule has 1 amide bonds. The van der Waals surface area contributed by atoms with Gasteiger partial charge in [0.2, 0.25) is 5.91 Å². The maximum Gasteiger partial charge on any atom is 0.311 e. The zero-order valence-corrected chi connectivity index (χ0v) is 20.6. The third-order valence-corrected chi connectivity index (χ3v) is 6.12. The van der Waals surface area contributed by atoms with Gasteiger partial charge in [0, 0.05) is 13.0 Å². The van der Waals surface area contributed by atoms with E-state index < -0.39 is 16.8 Å². The lowest BCUT2D eigenvalue weighted by Gasteiger charge is -2.35. The van der Waals surface area contributed by atoms with E-state index in [0.29, 0.717) is 19.4 Å². The maximum absolute atomic E-state index is 12.8. The van der Waals surface area contributed by atoms with E-state index in [4.69, 9.17) is 14.2 Å². The van der Waals surface area contributed by atoms with E-state index >= 15 is 0 Å². The highest BCUT2D eigenvalue weighted by Crippen LogP contribution is 2.41. The van der Waals surface area contributed by atoms with E-state index in [0.717, 1.165) is 16.9 Å². The van der Waals surface area contributed by atoms with Gasteiger partial charge in [-0.1, -0.05) is 19.1 Å². The Hall–Kier alpha value is -2.57. The number of benzene rings is 1. The number of hydrogen-bond acceptors (Lipinski definition) is 6. The third-order valence-electron chi connectivity index (χ3n) is 6.12. The fourth-order valence-electron chi connectivity index (χ4n) is 3.86. The smallest absolute Gasteiger partial charge is 0.311 e. The molecule has 0 saturated heterocycles. The summed E-state index contributed by atoms with van der Waals surface area (Å²) in [5.41, 5.74) is 0.318. The van der Waals surface area contributed by atoms with Crippen molar-refractivity contribution < 1.29 is 28.6 Å². The Kier molecular flexibility index (Phi) is 10.7. The summed E-state index contributed by atoms with van der Waals surface area (Å²) >= 11 is 0. The van der Waals surface area contributed by atoms with Crippen LogP contribution in [0.15, 0.2) is 18.2 Å². The van der Waals surface area contributed by atoms with Crippen LogP contribution in [0.3, 0.4) is 0 Å². The topological polar surface area (TPSA) is 90.9 Å². The molecule has 0 aliphatic heterocycles. The normalized spacial score (nSPS) is 14.6. The van der Waals surface area contributed by atoms with Gasteiger partial charge >= 0.3 is 11.9 Å². The number of esters is 2. The number of amides is 1. The summed E-state index contributed by atoms with van der Waals surface area (Å²) in [6.07, 6.45) is 1.88. The second-order valence-corrected chi connectivity index (χ2v) is 8.77. The van der Waals surface area contributed by atoms with Gasteiger partial charge in [0.05, 0.1) is 31.7 Å². The van der Waals surface area contributed by atoms with Crippen LogP contribution in [-0.2, 0) is 30.3 Å². The van der Waals surface area contributed by atoms with Gasteiger partial charge < -0.3 is 19.5 Å². The van der Waals surface area contributed by atoms with Gasteiger partial charge in [-0.2, -0.15) is 0 Å². The van der Waals surface area contributed by atoms with Crippen LogP contribution >= 0.6 is 0 Å². The molecule has 32 heavy (non-hydrogen) atoms. The molecule has 180 valence electrons. The van der Waals surface area contributed by atoms with Crippen LogP contribution in [-0.4, -0.2) is 45.2 Å². The van der Waals surface area contributed by atoms with E-state index in [1.165, 1.54) is 7.11 Å². The van der Waals surface area contributed by atoms with Crippen LogP contribution in [0, 0.1) is 17.8 Å². The van der Waals surface area contributed by atoms with Crippen molar-refractivity contribution in [2.75, 3.05) is 27.4 Å². The molecule has 2 unspecified atom stereocenters. The molecule has 1 aromatic rings. The molecule has 1 rings (SSSR count). The SMILES string of the molecule is CCOC(=O)C(C)(CCC(=O)NCCc1ccc(C)c(OC)c1)CC(C)(CC)C(=O)OC. The van der Waals surface area contributed by atoms with Crippen molar-refractivity contribution in [1.82, 2.24) is 5.32 Å². The Bertz CT molecular complexity index is 793. The number of carbonyl (C=O) groups is 3. The molecule has 1 N–H and O–H groups in total. The molecule has 0 saturated carbocycles. The number of aryl methyl sites for hydroxylation is 1. The average molecular weight is 450 g/mol. The molecule has 2 atom stereocenters. The predicted octanol–water partition coefficient (Wildman–Crippen LogP) is 3.99. The first-order chi connectivity index (χ1) is 15.0. The lowest BCUT2D eigenvalue weighted by Crippen LogP contribution is -2.41. The zero-order chi connectivity index (χ0) is 24.4. The predicted molar refractivity (Wildman–Crippen MR) is 123 cm³/mol. The summed E-state index contributed by atoms with van der Waals surface area (Å²) in [6.45, 7) is 9.87. The Labute approximate surface area is 192 Å². The molecular weight excluding hydrogens is 410 g/mol. The second-order valence-electron chi connectivity index (χ2n) is 8.77. The minimum Gasteiger partial charge on any atom is -0.496 e. The largest absolute Gasteiger partial charge is 0.496 e. The summed E-state index contributed by atoms with van der Waals surface area (Å²) in [6, 6.07) is 5.98. The molecule has 0 aliphatic rings. The Morgan fingerprint density at radius 1 is 1.03 bits per heavy atom. The van der Waals surface area contributed by atoms with Crippen LogP contribution < -0.4 is 10.1 Å². The highest BCUT2D eigenvalue weighted by Gasteiger charge is 2.45. The van der Waals surface area contributed by atoms with E-state index in [1.807, 2.05) is 32.0 Å². The van der Waals surface area contributed by atoms with Gasteiger partial charge in [-0.15, -0.1) is 0 Å². The van der Waals surface area contributed by atoms with Gasteiger partial charge in [-0.05, 0) is 70.6 Å². The molecule has 1 aromatic carbocycles. The lowest BCUT2D eigenvalue weighted by atomic mass is 9.69. The Morgan fingerprint density at radius 3 is 2.28 bits per heavy atom. The van der Waals surface area contributed by atoms with Crippen molar-refractivity contribution in [2.45, 2.75) is 66.7 Å². The number of nitrogens with one attached hydrogen (secondary N) is 1. The second kappa shape index (κ2) is 12.5. The quantitative estimate of drug-likeness (QED) is 0.458. The zero-order valence-electron chi connectivity index (χ0n) is 20.6. The number of carbonyl (C=O) groups excluding carboxylic acids is 3. The first-order valence-corrected chi connectivity index (χ1v) is 11.2. The third kappa shape index (κ3) is 7.53. The summed E-state index contributed by atoms with van der Waals surface area (Å²) in [5.74, 6) is -0.0869. The van der Waals surface area contributed by atoms with Crippen molar-refractivity contribution >= 4 is 17.8 Å².